The molecular formula is C10H14INO2. The second kappa shape index (κ2) is 5.29. The summed E-state index contributed by atoms with van der Waals surface area (Å²) in [5.41, 5.74) is 1.22. The Bertz CT molecular complexity index is 294. The van der Waals surface area contributed by atoms with Gasteiger partial charge in [-0.15, -0.1) is 0 Å². The van der Waals surface area contributed by atoms with Gasteiger partial charge < -0.3 is 12.6 Å². The summed E-state index contributed by atoms with van der Waals surface area (Å²) in [7, 11) is 3.29. The zero-order chi connectivity index (χ0) is 10.6. The second-order valence-electron chi connectivity index (χ2n) is 2.92. The van der Waals surface area contributed by atoms with E-state index in [1.807, 2.05) is 19.2 Å². The minimum atomic E-state index is 0.777. The molecule has 0 aromatic rings. The average Bonchev–Trinajstić information content (AvgIpc) is 2.59. The van der Waals surface area contributed by atoms with Crippen molar-refractivity contribution in [2.75, 3.05) is 20.8 Å². The number of rotatable bonds is 3. The Labute approximate surface area is 98.6 Å². The summed E-state index contributed by atoms with van der Waals surface area (Å²) in [5.74, 6) is 1.57. The highest BCUT2D eigenvalue weighted by molar-refractivity contribution is 14.1. The molecule has 0 N–H and O–H groups in total. The van der Waals surface area contributed by atoms with Crippen LogP contribution in [0.3, 0.4) is 0 Å². The van der Waals surface area contributed by atoms with Gasteiger partial charge in [-0.2, -0.15) is 0 Å². The predicted molar refractivity (Wildman–Crippen MR) is 64.7 cm³/mol. The SMILES string of the molecule is CO/C(C)=C(/C=C1/C=CN(I)C1)OC. The molecule has 4 heteroatoms. The summed E-state index contributed by atoms with van der Waals surface area (Å²) in [5, 5.41) is 0. The van der Waals surface area contributed by atoms with Crippen LogP contribution in [0.25, 0.3) is 0 Å². The van der Waals surface area contributed by atoms with E-state index in [1.54, 1.807) is 14.2 Å². The van der Waals surface area contributed by atoms with Crippen molar-refractivity contribution in [1.82, 2.24) is 3.11 Å². The van der Waals surface area contributed by atoms with E-state index in [0.717, 1.165) is 18.1 Å². The van der Waals surface area contributed by atoms with Crippen molar-refractivity contribution < 1.29 is 9.47 Å². The molecule has 0 radical (unpaired) electrons. The van der Waals surface area contributed by atoms with Crippen molar-refractivity contribution in [1.29, 1.82) is 0 Å². The van der Waals surface area contributed by atoms with Gasteiger partial charge in [-0.25, -0.2) is 0 Å². The molecule has 1 heterocycles. The first kappa shape index (κ1) is 11.4. The third-order valence-corrected chi connectivity index (χ3v) is 2.64. The average molecular weight is 307 g/mol. The molecule has 0 spiro atoms. The lowest BCUT2D eigenvalue weighted by Crippen LogP contribution is -2.00. The standard InChI is InChI=1S/C10H14INO2/c1-8(13-2)10(14-3)6-9-4-5-12(11)7-9/h4-6H,7H2,1-3H3/b9-6-,10-8-. The topological polar surface area (TPSA) is 21.7 Å². The Kier molecular flexibility index (Phi) is 4.31. The molecule has 0 bridgehead atoms. The van der Waals surface area contributed by atoms with Gasteiger partial charge in [0.15, 0.2) is 5.76 Å². The van der Waals surface area contributed by atoms with E-state index in [9.17, 15) is 0 Å². The molecule has 0 unspecified atom stereocenters. The van der Waals surface area contributed by atoms with Crippen LogP contribution in [0.15, 0.2) is 35.4 Å². The summed E-state index contributed by atoms with van der Waals surface area (Å²) in [6.07, 6.45) is 6.09. The number of nitrogens with zero attached hydrogens (tertiary/aromatic N) is 1. The molecule has 14 heavy (non-hydrogen) atoms. The van der Waals surface area contributed by atoms with E-state index in [0.29, 0.717) is 0 Å². The Balaban J connectivity index is 2.80. The maximum Gasteiger partial charge on any atom is 0.156 e. The molecule has 0 amide bonds. The zero-order valence-corrected chi connectivity index (χ0v) is 10.7. The van der Waals surface area contributed by atoms with Gasteiger partial charge in [0.1, 0.15) is 5.76 Å². The first-order valence-electron chi connectivity index (χ1n) is 4.27. The number of ether oxygens (including phenoxy) is 2. The first-order chi connectivity index (χ1) is 6.67. The van der Waals surface area contributed by atoms with Gasteiger partial charge in [0.2, 0.25) is 0 Å². The summed E-state index contributed by atoms with van der Waals surface area (Å²) in [4.78, 5) is 0. The number of allylic oxidation sites excluding steroid dienone is 2. The summed E-state index contributed by atoms with van der Waals surface area (Å²) in [6.45, 7) is 2.79. The van der Waals surface area contributed by atoms with Crippen molar-refractivity contribution in [3.8, 4) is 0 Å². The molecule has 1 aliphatic heterocycles. The predicted octanol–water partition coefficient (Wildman–Crippen LogP) is 2.62. The molecule has 0 saturated carbocycles. The van der Waals surface area contributed by atoms with E-state index in [1.165, 1.54) is 5.57 Å². The first-order valence-corrected chi connectivity index (χ1v) is 5.24. The smallest absolute Gasteiger partial charge is 0.156 e. The highest BCUT2D eigenvalue weighted by Crippen LogP contribution is 2.18. The highest BCUT2D eigenvalue weighted by atomic mass is 127. The zero-order valence-electron chi connectivity index (χ0n) is 8.58. The van der Waals surface area contributed by atoms with E-state index in [-0.39, 0.29) is 0 Å². The minimum absolute atomic E-state index is 0.777. The normalized spacial score (nSPS) is 20.0. The number of hydrogen-bond acceptors (Lipinski definition) is 3. The number of methoxy groups -OCH3 is 2. The van der Waals surface area contributed by atoms with Crippen LogP contribution in [0.4, 0.5) is 0 Å². The Morgan fingerprint density at radius 1 is 1.50 bits per heavy atom. The lowest BCUT2D eigenvalue weighted by atomic mass is 10.2. The molecule has 1 rings (SSSR count). The molecule has 78 valence electrons. The number of halogens is 1. The Morgan fingerprint density at radius 2 is 2.21 bits per heavy atom. The molecule has 0 fully saturated rings. The molecule has 0 aliphatic carbocycles. The lowest BCUT2D eigenvalue weighted by Gasteiger charge is -2.07. The van der Waals surface area contributed by atoms with Crippen LogP contribution < -0.4 is 0 Å². The molecule has 0 aromatic heterocycles. The van der Waals surface area contributed by atoms with Gasteiger partial charge in [0.25, 0.3) is 0 Å². The van der Waals surface area contributed by atoms with Crippen molar-refractivity contribution >= 4 is 22.9 Å². The monoisotopic (exact) mass is 307 g/mol. The summed E-state index contributed by atoms with van der Waals surface area (Å²) >= 11 is 2.25. The van der Waals surface area contributed by atoms with Crippen LogP contribution in [-0.4, -0.2) is 23.9 Å². The Hall–Kier alpha value is -0.650. The number of hydrogen-bond donors (Lipinski definition) is 0. The largest absolute Gasteiger partial charge is 0.498 e. The fourth-order valence-electron chi connectivity index (χ4n) is 1.12. The van der Waals surface area contributed by atoms with Crippen LogP contribution in [0.5, 0.6) is 0 Å². The van der Waals surface area contributed by atoms with Gasteiger partial charge in [0, 0.05) is 6.20 Å². The molecule has 0 aromatic carbocycles. The molecule has 1 aliphatic rings. The van der Waals surface area contributed by atoms with Crippen LogP contribution in [0.1, 0.15) is 6.92 Å². The molecule has 0 saturated heterocycles. The molecular weight excluding hydrogens is 293 g/mol. The maximum absolute atomic E-state index is 5.22. The fraction of sp³-hybridized carbons (Fsp3) is 0.400. The van der Waals surface area contributed by atoms with Crippen LogP contribution in [-0.2, 0) is 9.47 Å². The van der Waals surface area contributed by atoms with Gasteiger partial charge >= 0.3 is 0 Å². The van der Waals surface area contributed by atoms with Crippen LogP contribution >= 0.6 is 22.9 Å². The maximum atomic E-state index is 5.22. The van der Waals surface area contributed by atoms with Gasteiger partial charge in [-0.3, -0.25) is 0 Å². The van der Waals surface area contributed by atoms with Crippen molar-refractivity contribution in [2.45, 2.75) is 6.92 Å². The van der Waals surface area contributed by atoms with Gasteiger partial charge in [-0.05, 0) is 24.6 Å². The summed E-state index contributed by atoms with van der Waals surface area (Å²) < 4.78 is 12.4. The molecule has 3 nitrogen and oxygen atoms in total. The summed E-state index contributed by atoms with van der Waals surface area (Å²) in [6, 6.07) is 0. The van der Waals surface area contributed by atoms with Crippen LogP contribution in [0, 0.1) is 0 Å². The lowest BCUT2D eigenvalue weighted by molar-refractivity contribution is 0.232. The quantitative estimate of drug-likeness (QED) is 0.454. The van der Waals surface area contributed by atoms with Gasteiger partial charge in [0.05, 0.1) is 43.6 Å². The van der Waals surface area contributed by atoms with Gasteiger partial charge in [-0.1, -0.05) is 0 Å². The Morgan fingerprint density at radius 3 is 2.64 bits per heavy atom. The second-order valence-corrected chi connectivity index (χ2v) is 4.16. The van der Waals surface area contributed by atoms with E-state index in [4.69, 9.17) is 9.47 Å². The van der Waals surface area contributed by atoms with E-state index < -0.39 is 0 Å². The van der Waals surface area contributed by atoms with E-state index >= 15 is 0 Å². The highest BCUT2D eigenvalue weighted by Gasteiger charge is 2.08. The third-order valence-electron chi connectivity index (χ3n) is 1.97. The van der Waals surface area contributed by atoms with Crippen LogP contribution in [0.2, 0.25) is 0 Å². The van der Waals surface area contributed by atoms with E-state index in [2.05, 4.69) is 32.1 Å². The minimum Gasteiger partial charge on any atom is -0.498 e. The van der Waals surface area contributed by atoms with Crippen molar-refractivity contribution in [2.24, 2.45) is 0 Å². The third kappa shape index (κ3) is 2.94. The fourth-order valence-corrected chi connectivity index (χ4v) is 1.68. The van der Waals surface area contributed by atoms with Crippen molar-refractivity contribution in [3.05, 3.63) is 35.4 Å². The van der Waals surface area contributed by atoms with Crippen molar-refractivity contribution in [3.63, 3.8) is 0 Å². The molecule has 0 atom stereocenters.